The zero-order chi connectivity index (χ0) is 11.7. The van der Waals surface area contributed by atoms with Gasteiger partial charge in [-0.1, -0.05) is 46.3 Å². The van der Waals surface area contributed by atoms with Gasteiger partial charge >= 0.3 is 0 Å². The van der Waals surface area contributed by atoms with E-state index in [0.717, 1.165) is 23.9 Å². The lowest BCUT2D eigenvalue weighted by molar-refractivity contribution is 0.911. The van der Waals surface area contributed by atoms with E-state index in [1.165, 1.54) is 22.4 Å². The summed E-state index contributed by atoms with van der Waals surface area (Å²) in [6, 6.07) is 15.2. The maximum absolute atomic E-state index is 3.53. The summed E-state index contributed by atoms with van der Waals surface area (Å²) >= 11 is 3.53. The second kappa shape index (κ2) is 4.53. The minimum atomic E-state index is 0.916. The molecule has 1 nitrogen and oxygen atoms in total. The van der Waals surface area contributed by atoms with Gasteiger partial charge in [0.25, 0.3) is 0 Å². The number of halogens is 1. The SMILES string of the molecule is Brc1ccc2c(c1)NCc1ccccc1CC2. The molecule has 0 aromatic heterocycles. The lowest BCUT2D eigenvalue weighted by atomic mass is 9.97. The molecule has 17 heavy (non-hydrogen) atoms. The van der Waals surface area contributed by atoms with Crippen molar-refractivity contribution in [2.45, 2.75) is 19.4 Å². The quantitative estimate of drug-likeness (QED) is 0.767. The van der Waals surface area contributed by atoms with E-state index in [1.54, 1.807) is 0 Å². The van der Waals surface area contributed by atoms with Crippen LogP contribution in [-0.4, -0.2) is 0 Å². The highest BCUT2D eigenvalue weighted by molar-refractivity contribution is 9.10. The Balaban J connectivity index is 1.97. The minimum absolute atomic E-state index is 0.916. The van der Waals surface area contributed by atoms with E-state index in [1.807, 2.05) is 0 Å². The Morgan fingerprint density at radius 1 is 0.882 bits per heavy atom. The van der Waals surface area contributed by atoms with Gasteiger partial charge in [-0.25, -0.2) is 0 Å². The molecule has 0 radical (unpaired) electrons. The lowest BCUT2D eigenvalue weighted by Gasteiger charge is -2.18. The van der Waals surface area contributed by atoms with Crippen molar-refractivity contribution in [1.29, 1.82) is 0 Å². The van der Waals surface area contributed by atoms with Crippen molar-refractivity contribution in [3.63, 3.8) is 0 Å². The Kier molecular flexibility index (Phi) is 2.89. The third-order valence-corrected chi connectivity index (χ3v) is 3.82. The number of hydrogen-bond donors (Lipinski definition) is 1. The first-order valence-corrected chi connectivity index (χ1v) is 6.71. The number of aryl methyl sites for hydroxylation is 2. The fourth-order valence-electron chi connectivity index (χ4n) is 2.36. The van der Waals surface area contributed by atoms with Crippen LogP contribution in [0.3, 0.4) is 0 Å². The highest BCUT2D eigenvalue weighted by Crippen LogP contribution is 2.26. The average molecular weight is 288 g/mol. The predicted molar refractivity (Wildman–Crippen MR) is 75.3 cm³/mol. The Bertz CT molecular complexity index is 548. The molecule has 1 aliphatic heterocycles. The molecule has 0 fully saturated rings. The van der Waals surface area contributed by atoms with Gasteiger partial charge in [0.15, 0.2) is 0 Å². The molecule has 3 rings (SSSR count). The van der Waals surface area contributed by atoms with Crippen molar-refractivity contribution < 1.29 is 0 Å². The molecule has 0 atom stereocenters. The molecule has 86 valence electrons. The summed E-state index contributed by atoms with van der Waals surface area (Å²) in [6.07, 6.45) is 2.24. The number of anilines is 1. The van der Waals surface area contributed by atoms with E-state index >= 15 is 0 Å². The molecule has 2 aromatic rings. The van der Waals surface area contributed by atoms with Gasteiger partial charge in [-0.05, 0) is 41.7 Å². The molecule has 0 saturated carbocycles. The van der Waals surface area contributed by atoms with Gasteiger partial charge in [0, 0.05) is 16.7 Å². The summed E-state index contributed by atoms with van der Waals surface area (Å²) in [5, 5.41) is 3.53. The highest BCUT2D eigenvalue weighted by Gasteiger charge is 2.10. The van der Waals surface area contributed by atoms with Gasteiger partial charge < -0.3 is 5.32 Å². The van der Waals surface area contributed by atoms with Crippen molar-refractivity contribution in [2.75, 3.05) is 5.32 Å². The highest BCUT2D eigenvalue weighted by atomic mass is 79.9. The summed E-state index contributed by atoms with van der Waals surface area (Å²) in [6.45, 7) is 0.916. The Morgan fingerprint density at radius 2 is 1.65 bits per heavy atom. The second-order valence-corrected chi connectivity index (χ2v) is 5.34. The standard InChI is InChI=1S/C15H14BrN/c16-14-8-7-12-6-5-11-3-1-2-4-13(11)10-17-15(12)9-14/h1-4,7-9,17H,5-6,10H2. The first kappa shape index (κ1) is 10.8. The topological polar surface area (TPSA) is 12.0 Å². The first-order valence-electron chi connectivity index (χ1n) is 5.92. The van der Waals surface area contributed by atoms with E-state index in [0.29, 0.717) is 0 Å². The van der Waals surface area contributed by atoms with Gasteiger partial charge in [-0.2, -0.15) is 0 Å². The predicted octanol–water partition coefficient (Wildman–Crippen LogP) is 4.16. The maximum Gasteiger partial charge on any atom is 0.0403 e. The normalized spacial score (nSPS) is 13.9. The van der Waals surface area contributed by atoms with Crippen LogP contribution < -0.4 is 5.32 Å². The summed E-state index contributed by atoms with van der Waals surface area (Å²) in [4.78, 5) is 0. The van der Waals surface area contributed by atoms with Gasteiger partial charge in [0.05, 0.1) is 0 Å². The van der Waals surface area contributed by atoms with Crippen molar-refractivity contribution >= 4 is 21.6 Å². The summed E-state index contributed by atoms with van der Waals surface area (Å²) in [7, 11) is 0. The molecule has 1 aliphatic rings. The molecular formula is C15H14BrN. The molecule has 1 heterocycles. The van der Waals surface area contributed by atoms with Crippen molar-refractivity contribution in [3.05, 3.63) is 63.6 Å². The molecule has 0 bridgehead atoms. The molecule has 1 N–H and O–H groups in total. The van der Waals surface area contributed by atoms with Crippen LogP contribution in [0, 0.1) is 0 Å². The smallest absolute Gasteiger partial charge is 0.0403 e. The van der Waals surface area contributed by atoms with E-state index in [2.05, 4.69) is 63.7 Å². The minimum Gasteiger partial charge on any atom is -0.381 e. The monoisotopic (exact) mass is 287 g/mol. The molecule has 2 heteroatoms. The largest absolute Gasteiger partial charge is 0.381 e. The van der Waals surface area contributed by atoms with Crippen LogP contribution in [0.1, 0.15) is 16.7 Å². The lowest BCUT2D eigenvalue weighted by Crippen LogP contribution is -2.09. The van der Waals surface area contributed by atoms with E-state index < -0.39 is 0 Å². The number of hydrogen-bond acceptors (Lipinski definition) is 1. The van der Waals surface area contributed by atoms with Gasteiger partial charge in [0.2, 0.25) is 0 Å². The fourth-order valence-corrected chi connectivity index (χ4v) is 2.73. The maximum atomic E-state index is 3.53. The number of benzene rings is 2. The number of nitrogens with one attached hydrogen (secondary N) is 1. The average Bonchev–Trinajstić information content (AvgIpc) is 2.33. The second-order valence-electron chi connectivity index (χ2n) is 4.42. The summed E-state index contributed by atoms with van der Waals surface area (Å²) < 4.78 is 1.14. The summed E-state index contributed by atoms with van der Waals surface area (Å²) in [5.74, 6) is 0. The number of rotatable bonds is 0. The van der Waals surface area contributed by atoms with Crippen LogP contribution in [0.15, 0.2) is 46.9 Å². The van der Waals surface area contributed by atoms with Crippen LogP contribution >= 0.6 is 15.9 Å². The number of fused-ring (bicyclic) bond motifs is 2. The van der Waals surface area contributed by atoms with E-state index in [9.17, 15) is 0 Å². The van der Waals surface area contributed by atoms with Gasteiger partial charge in [-0.3, -0.25) is 0 Å². The molecule has 0 unspecified atom stereocenters. The third-order valence-electron chi connectivity index (χ3n) is 3.32. The van der Waals surface area contributed by atoms with Crippen LogP contribution in [0.25, 0.3) is 0 Å². The van der Waals surface area contributed by atoms with Crippen molar-refractivity contribution in [3.8, 4) is 0 Å². The van der Waals surface area contributed by atoms with Crippen molar-refractivity contribution in [1.82, 2.24) is 0 Å². The van der Waals surface area contributed by atoms with Gasteiger partial charge in [-0.15, -0.1) is 0 Å². The Labute approximate surface area is 110 Å². The molecule has 0 saturated heterocycles. The summed E-state index contributed by atoms with van der Waals surface area (Å²) in [5.41, 5.74) is 5.54. The third kappa shape index (κ3) is 2.22. The van der Waals surface area contributed by atoms with Crippen LogP contribution in [-0.2, 0) is 19.4 Å². The fraction of sp³-hybridized carbons (Fsp3) is 0.200. The van der Waals surface area contributed by atoms with Crippen LogP contribution in [0.5, 0.6) is 0 Å². The molecule has 0 spiro atoms. The van der Waals surface area contributed by atoms with Gasteiger partial charge in [0.1, 0.15) is 0 Å². The molecule has 2 aromatic carbocycles. The molecule has 0 amide bonds. The van der Waals surface area contributed by atoms with Crippen LogP contribution in [0.2, 0.25) is 0 Å². The van der Waals surface area contributed by atoms with Crippen molar-refractivity contribution in [2.24, 2.45) is 0 Å². The Hall–Kier alpha value is -1.28. The Morgan fingerprint density at radius 3 is 2.53 bits per heavy atom. The van der Waals surface area contributed by atoms with E-state index in [4.69, 9.17) is 0 Å². The molecular weight excluding hydrogens is 274 g/mol. The zero-order valence-electron chi connectivity index (χ0n) is 9.54. The zero-order valence-corrected chi connectivity index (χ0v) is 11.1. The first-order chi connectivity index (χ1) is 8.33. The van der Waals surface area contributed by atoms with E-state index in [-0.39, 0.29) is 0 Å². The van der Waals surface area contributed by atoms with Crippen LogP contribution in [0.4, 0.5) is 5.69 Å². The molecule has 0 aliphatic carbocycles.